The van der Waals surface area contributed by atoms with E-state index in [-0.39, 0.29) is 11.9 Å². The highest BCUT2D eigenvalue weighted by Crippen LogP contribution is 2.39. The topological polar surface area (TPSA) is 96.7 Å². The number of H-pyrrole nitrogens is 1. The van der Waals surface area contributed by atoms with Gasteiger partial charge >= 0.3 is 6.01 Å². The summed E-state index contributed by atoms with van der Waals surface area (Å²) >= 11 is 0. The summed E-state index contributed by atoms with van der Waals surface area (Å²) in [7, 11) is 0. The van der Waals surface area contributed by atoms with Gasteiger partial charge in [-0.15, -0.1) is 5.10 Å². The summed E-state index contributed by atoms with van der Waals surface area (Å²) in [4.78, 5) is 11.6. The van der Waals surface area contributed by atoms with Crippen LogP contribution in [0.4, 0.5) is 6.01 Å². The van der Waals surface area contributed by atoms with Gasteiger partial charge in [0.1, 0.15) is 0 Å². The van der Waals surface area contributed by atoms with E-state index in [9.17, 15) is 4.79 Å². The quantitative estimate of drug-likeness (QED) is 0.800. The summed E-state index contributed by atoms with van der Waals surface area (Å²) in [5.74, 6) is 0.661. The van der Waals surface area contributed by atoms with Gasteiger partial charge < -0.3 is 4.42 Å². The predicted octanol–water partition coefficient (Wildman–Crippen LogP) is 0.922. The highest BCUT2D eigenvalue weighted by molar-refractivity contribution is 6.02. The van der Waals surface area contributed by atoms with E-state index < -0.39 is 0 Å². The van der Waals surface area contributed by atoms with Crippen molar-refractivity contribution in [2.24, 2.45) is 0 Å². The molecule has 0 saturated heterocycles. The third kappa shape index (κ3) is 1.67. The molecule has 0 aliphatic heterocycles. The second kappa shape index (κ2) is 3.44. The van der Waals surface area contributed by atoms with Crippen LogP contribution in [-0.2, 0) is 0 Å². The minimum absolute atomic E-state index is 0.133. The minimum Gasteiger partial charge on any atom is -0.408 e. The number of nitrogens with zero attached hydrogens (tertiary/aromatic N) is 3. The number of anilines is 1. The number of hydrogen-bond acceptors (Lipinski definition) is 5. The molecule has 0 radical (unpaired) electrons. The first-order valence-corrected chi connectivity index (χ1v) is 4.96. The van der Waals surface area contributed by atoms with Gasteiger partial charge in [0.05, 0.1) is 11.8 Å². The summed E-state index contributed by atoms with van der Waals surface area (Å²) in [6.07, 6.45) is 5.08. The van der Waals surface area contributed by atoms with Crippen LogP contribution in [0.5, 0.6) is 0 Å². The van der Waals surface area contributed by atoms with E-state index in [1.54, 1.807) is 0 Å². The maximum absolute atomic E-state index is 11.6. The molecule has 2 heterocycles. The van der Waals surface area contributed by atoms with Gasteiger partial charge in [0.2, 0.25) is 5.89 Å². The molecule has 2 aromatic rings. The van der Waals surface area contributed by atoms with Crippen molar-refractivity contribution in [3.8, 4) is 0 Å². The fourth-order valence-corrected chi connectivity index (χ4v) is 1.32. The molecule has 7 heteroatoms. The highest BCUT2D eigenvalue weighted by Gasteiger charge is 2.29. The van der Waals surface area contributed by atoms with Crippen molar-refractivity contribution in [1.29, 1.82) is 0 Å². The molecule has 0 aromatic carbocycles. The summed E-state index contributed by atoms with van der Waals surface area (Å²) in [6.45, 7) is 0. The Morgan fingerprint density at radius 1 is 1.50 bits per heavy atom. The van der Waals surface area contributed by atoms with Gasteiger partial charge in [0.25, 0.3) is 5.91 Å². The molecule has 1 amide bonds. The Balaban J connectivity index is 1.71. The molecule has 1 fully saturated rings. The summed E-state index contributed by atoms with van der Waals surface area (Å²) in [5.41, 5.74) is 0.422. The predicted molar refractivity (Wildman–Crippen MR) is 52.8 cm³/mol. The Kier molecular flexibility index (Phi) is 1.95. The van der Waals surface area contributed by atoms with Gasteiger partial charge in [-0.25, -0.2) is 0 Å². The number of carbonyl (C=O) groups excluding carboxylic acids is 1. The molecule has 0 atom stereocenters. The Labute approximate surface area is 90.3 Å². The van der Waals surface area contributed by atoms with Gasteiger partial charge in [-0.2, -0.15) is 5.10 Å². The van der Waals surface area contributed by atoms with Gasteiger partial charge in [-0.3, -0.25) is 15.2 Å². The second-order valence-electron chi connectivity index (χ2n) is 3.66. The Hall–Kier alpha value is -2.18. The van der Waals surface area contributed by atoms with Crippen LogP contribution in [0.2, 0.25) is 0 Å². The molecule has 1 saturated carbocycles. The first kappa shape index (κ1) is 9.08. The molecule has 0 bridgehead atoms. The fraction of sp³-hybridized carbons (Fsp3) is 0.333. The molecule has 16 heavy (non-hydrogen) atoms. The second-order valence-corrected chi connectivity index (χ2v) is 3.66. The van der Waals surface area contributed by atoms with Crippen LogP contribution in [0.3, 0.4) is 0 Å². The molecule has 2 aromatic heterocycles. The minimum atomic E-state index is -0.320. The van der Waals surface area contributed by atoms with Crippen molar-refractivity contribution in [1.82, 2.24) is 20.4 Å². The molecule has 0 spiro atoms. The van der Waals surface area contributed by atoms with Crippen molar-refractivity contribution < 1.29 is 9.21 Å². The molecule has 1 aliphatic carbocycles. The number of rotatable bonds is 3. The Morgan fingerprint density at radius 3 is 3.06 bits per heavy atom. The van der Waals surface area contributed by atoms with E-state index in [0.29, 0.717) is 17.4 Å². The van der Waals surface area contributed by atoms with E-state index in [1.165, 1.54) is 12.4 Å². The van der Waals surface area contributed by atoms with Crippen molar-refractivity contribution >= 4 is 11.9 Å². The van der Waals surface area contributed by atoms with Crippen molar-refractivity contribution in [3.05, 3.63) is 23.8 Å². The van der Waals surface area contributed by atoms with Crippen molar-refractivity contribution in [3.63, 3.8) is 0 Å². The average molecular weight is 219 g/mol. The van der Waals surface area contributed by atoms with Gasteiger partial charge in [-0.05, 0) is 12.8 Å². The lowest BCUT2D eigenvalue weighted by atomic mass is 10.3. The SMILES string of the molecule is O=C(Nc1nnc(C2CC2)o1)c1cn[nH]c1. The summed E-state index contributed by atoms with van der Waals surface area (Å²) in [6, 6.07) is 0.133. The van der Waals surface area contributed by atoms with Crippen LogP contribution >= 0.6 is 0 Å². The molecule has 0 unspecified atom stereocenters. The van der Waals surface area contributed by atoms with E-state index in [1.807, 2.05) is 0 Å². The van der Waals surface area contributed by atoms with Crippen LogP contribution in [0.15, 0.2) is 16.8 Å². The highest BCUT2D eigenvalue weighted by atomic mass is 16.4. The number of carbonyl (C=O) groups is 1. The zero-order valence-electron chi connectivity index (χ0n) is 8.30. The molecule has 3 rings (SSSR count). The zero-order valence-corrected chi connectivity index (χ0v) is 8.30. The van der Waals surface area contributed by atoms with Crippen molar-refractivity contribution in [2.45, 2.75) is 18.8 Å². The monoisotopic (exact) mass is 219 g/mol. The number of aromatic amines is 1. The van der Waals surface area contributed by atoms with Crippen LogP contribution < -0.4 is 5.32 Å². The molecule has 1 aliphatic rings. The van der Waals surface area contributed by atoms with E-state index >= 15 is 0 Å². The maximum atomic E-state index is 11.6. The van der Waals surface area contributed by atoms with E-state index in [0.717, 1.165) is 12.8 Å². The maximum Gasteiger partial charge on any atom is 0.322 e. The third-order valence-electron chi connectivity index (χ3n) is 2.35. The largest absolute Gasteiger partial charge is 0.408 e. The number of amides is 1. The van der Waals surface area contributed by atoms with Crippen LogP contribution in [-0.4, -0.2) is 26.3 Å². The summed E-state index contributed by atoms with van der Waals surface area (Å²) in [5, 5.41) is 16.3. The van der Waals surface area contributed by atoms with Crippen LogP contribution in [0, 0.1) is 0 Å². The molecular formula is C9H9N5O2. The Morgan fingerprint density at radius 2 is 2.38 bits per heavy atom. The zero-order chi connectivity index (χ0) is 11.0. The third-order valence-corrected chi connectivity index (χ3v) is 2.35. The summed E-state index contributed by atoms with van der Waals surface area (Å²) < 4.78 is 5.29. The lowest BCUT2D eigenvalue weighted by Gasteiger charge is -1.95. The average Bonchev–Trinajstić information content (AvgIpc) is 2.82. The van der Waals surface area contributed by atoms with E-state index in [2.05, 4.69) is 25.7 Å². The Bertz CT molecular complexity index is 500. The van der Waals surface area contributed by atoms with Crippen LogP contribution in [0.1, 0.15) is 35.0 Å². The molecule has 2 N–H and O–H groups in total. The van der Waals surface area contributed by atoms with Gasteiger partial charge in [0.15, 0.2) is 0 Å². The van der Waals surface area contributed by atoms with E-state index in [4.69, 9.17) is 4.42 Å². The van der Waals surface area contributed by atoms with Gasteiger partial charge in [0, 0.05) is 12.1 Å². The van der Waals surface area contributed by atoms with Crippen molar-refractivity contribution in [2.75, 3.05) is 5.32 Å². The lowest BCUT2D eigenvalue weighted by molar-refractivity contribution is 0.102. The standard InChI is InChI=1S/C9H9N5O2/c15-7(6-3-10-11-4-6)12-9-14-13-8(16-9)5-1-2-5/h3-5H,1-2H2,(H,10,11)(H,12,14,15). The first-order chi connectivity index (χ1) is 7.83. The number of aromatic nitrogens is 4. The number of hydrogen-bond donors (Lipinski definition) is 2. The first-order valence-electron chi connectivity index (χ1n) is 4.96. The fourth-order valence-electron chi connectivity index (χ4n) is 1.32. The molecule has 82 valence electrons. The molecular weight excluding hydrogens is 210 g/mol. The smallest absolute Gasteiger partial charge is 0.322 e. The van der Waals surface area contributed by atoms with Crippen LogP contribution in [0.25, 0.3) is 0 Å². The normalized spacial score (nSPS) is 15.0. The van der Waals surface area contributed by atoms with Gasteiger partial charge in [-0.1, -0.05) is 5.10 Å². The lowest BCUT2D eigenvalue weighted by Crippen LogP contribution is -2.11. The number of nitrogens with one attached hydrogen (secondary N) is 2. The molecule has 7 nitrogen and oxygen atoms in total.